The van der Waals surface area contributed by atoms with Crippen LogP contribution in [0.3, 0.4) is 0 Å². The van der Waals surface area contributed by atoms with Gasteiger partial charge in [0.2, 0.25) is 0 Å². The molecule has 0 bridgehead atoms. The molecule has 0 atom stereocenters. The second-order valence-corrected chi connectivity index (χ2v) is 3.30. The first-order valence-corrected chi connectivity index (χ1v) is 4.81. The van der Waals surface area contributed by atoms with E-state index >= 15 is 0 Å². The topological polar surface area (TPSA) is 12.0 Å². The summed E-state index contributed by atoms with van der Waals surface area (Å²) in [6.07, 6.45) is 5.12. The highest BCUT2D eigenvalue weighted by molar-refractivity contribution is 5.53. The number of benzene rings is 1. The van der Waals surface area contributed by atoms with E-state index in [0.29, 0.717) is 0 Å². The second kappa shape index (κ2) is 5.55. The van der Waals surface area contributed by atoms with Crippen LogP contribution in [0.2, 0.25) is 0 Å². The van der Waals surface area contributed by atoms with E-state index in [2.05, 4.69) is 11.4 Å². The van der Waals surface area contributed by atoms with Crippen molar-refractivity contribution < 1.29 is 4.39 Å². The standard InChI is InChI=1S/C12H16FN/c1-10-9-12(13)7-6-11(10)5-3-4-8-14-2/h3,5-7,9,14H,4,8H2,1-2H3. The van der Waals surface area contributed by atoms with Crippen LogP contribution in [0.4, 0.5) is 4.39 Å². The third-order valence-electron chi connectivity index (χ3n) is 2.09. The molecule has 0 spiro atoms. The monoisotopic (exact) mass is 193 g/mol. The van der Waals surface area contributed by atoms with Crippen LogP contribution in [0, 0.1) is 12.7 Å². The van der Waals surface area contributed by atoms with E-state index in [1.807, 2.05) is 20.0 Å². The Hall–Kier alpha value is -1.15. The van der Waals surface area contributed by atoms with Gasteiger partial charge < -0.3 is 5.32 Å². The maximum absolute atomic E-state index is 12.8. The Bertz CT molecular complexity index is 318. The van der Waals surface area contributed by atoms with Gasteiger partial charge in [-0.1, -0.05) is 18.2 Å². The molecule has 0 heterocycles. The maximum Gasteiger partial charge on any atom is 0.123 e. The minimum Gasteiger partial charge on any atom is -0.319 e. The fourth-order valence-corrected chi connectivity index (χ4v) is 1.26. The number of hydrogen-bond donors (Lipinski definition) is 1. The molecule has 0 unspecified atom stereocenters. The SMILES string of the molecule is CNCCC=Cc1ccc(F)cc1C. The third-order valence-corrected chi connectivity index (χ3v) is 2.09. The maximum atomic E-state index is 12.8. The van der Waals surface area contributed by atoms with Crippen molar-refractivity contribution in [1.82, 2.24) is 5.32 Å². The van der Waals surface area contributed by atoms with Crippen LogP contribution in [0.5, 0.6) is 0 Å². The smallest absolute Gasteiger partial charge is 0.123 e. The van der Waals surface area contributed by atoms with E-state index < -0.39 is 0 Å². The Kier molecular flexibility index (Phi) is 4.33. The predicted octanol–water partition coefficient (Wildman–Crippen LogP) is 2.76. The summed E-state index contributed by atoms with van der Waals surface area (Å²) in [6, 6.07) is 4.85. The van der Waals surface area contributed by atoms with Gasteiger partial charge in [0.25, 0.3) is 0 Å². The molecule has 1 rings (SSSR count). The zero-order chi connectivity index (χ0) is 10.4. The van der Waals surface area contributed by atoms with Gasteiger partial charge in [0.15, 0.2) is 0 Å². The van der Waals surface area contributed by atoms with E-state index in [9.17, 15) is 4.39 Å². The molecule has 1 aromatic carbocycles. The highest BCUT2D eigenvalue weighted by Crippen LogP contribution is 2.11. The Morgan fingerprint density at radius 1 is 1.43 bits per heavy atom. The summed E-state index contributed by atoms with van der Waals surface area (Å²) in [6.45, 7) is 2.89. The molecule has 2 heteroatoms. The zero-order valence-corrected chi connectivity index (χ0v) is 8.68. The zero-order valence-electron chi connectivity index (χ0n) is 8.68. The summed E-state index contributed by atoms with van der Waals surface area (Å²) in [5.74, 6) is -0.171. The van der Waals surface area contributed by atoms with Gasteiger partial charge in [0.1, 0.15) is 5.82 Å². The van der Waals surface area contributed by atoms with Gasteiger partial charge in [0, 0.05) is 0 Å². The fraction of sp³-hybridized carbons (Fsp3) is 0.333. The Balaban J connectivity index is 2.62. The van der Waals surface area contributed by atoms with E-state index in [0.717, 1.165) is 24.1 Å². The van der Waals surface area contributed by atoms with Crippen LogP contribution in [0.15, 0.2) is 24.3 Å². The first-order valence-electron chi connectivity index (χ1n) is 4.81. The molecule has 1 aromatic rings. The van der Waals surface area contributed by atoms with Gasteiger partial charge in [-0.25, -0.2) is 4.39 Å². The highest BCUT2D eigenvalue weighted by atomic mass is 19.1. The van der Waals surface area contributed by atoms with Crippen molar-refractivity contribution in [2.75, 3.05) is 13.6 Å². The van der Waals surface area contributed by atoms with Gasteiger partial charge in [-0.3, -0.25) is 0 Å². The van der Waals surface area contributed by atoms with Crippen LogP contribution in [0.25, 0.3) is 6.08 Å². The van der Waals surface area contributed by atoms with Crippen LogP contribution >= 0.6 is 0 Å². The van der Waals surface area contributed by atoms with Crippen LogP contribution in [-0.2, 0) is 0 Å². The molecule has 0 radical (unpaired) electrons. The van der Waals surface area contributed by atoms with Crippen molar-refractivity contribution in [1.29, 1.82) is 0 Å². The molecule has 0 fully saturated rings. The van der Waals surface area contributed by atoms with Crippen molar-refractivity contribution in [2.24, 2.45) is 0 Å². The number of hydrogen-bond acceptors (Lipinski definition) is 1. The minimum atomic E-state index is -0.171. The van der Waals surface area contributed by atoms with E-state index in [-0.39, 0.29) is 5.82 Å². The number of aryl methyl sites for hydroxylation is 1. The molecule has 0 amide bonds. The first-order chi connectivity index (χ1) is 6.74. The molecule has 14 heavy (non-hydrogen) atoms. The molecule has 1 nitrogen and oxygen atoms in total. The number of halogens is 1. The van der Waals surface area contributed by atoms with Crippen LogP contribution in [0.1, 0.15) is 17.5 Å². The molecule has 0 aliphatic heterocycles. The normalized spacial score (nSPS) is 11.1. The van der Waals surface area contributed by atoms with Crippen molar-refractivity contribution >= 4 is 6.08 Å². The van der Waals surface area contributed by atoms with Gasteiger partial charge in [-0.05, 0) is 50.2 Å². The Morgan fingerprint density at radius 2 is 2.21 bits per heavy atom. The lowest BCUT2D eigenvalue weighted by Crippen LogP contribution is -2.05. The summed E-state index contributed by atoms with van der Waals surface area (Å²) in [5.41, 5.74) is 2.06. The van der Waals surface area contributed by atoms with Crippen molar-refractivity contribution in [3.63, 3.8) is 0 Å². The second-order valence-electron chi connectivity index (χ2n) is 3.30. The molecule has 0 saturated carbocycles. The molecule has 0 saturated heterocycles. The Labute approximate surface area is 84.6 Å². The van der Waals surface area contributed by atoms with Gasteiger partial charge in [-0.15, -0.1) is 0 Å². The summed E-state index contributed by atoms with van der Waals surface area (Å²) < 4.78 is 12.8. The van der Waals surface area contributed by atoms with E-state index in [4.69, 9.17) is 0 Å². The first kappa shape index (κ1) is 10.9. The predicted molar refractivity (Wildman–Crippen MR) is 58.7 cm³/mol. The van der Waals surface area contributed by atoms with Gasteiger partial charge in [-0.2, -0.15) is 0 Å². The summed E-state index contributed by atoms with van der Waals surface area (Å²) >= 11 is 0. The van der Waals surface area contributed by atoms with Gasteiger partial charge >= 0.3 is 0 Å². The van der Waals surface area contributed by atoms with Crippen LogP contribution in [-0.4, -0.2) is 13.6 Å². The third kappa shape index (κ3) is 3.30. The fourth-order valence-electron chi connectivity index (χ4n) is 1.26. The molecular formula is C12H16FN. The number of rotatable bonds is 4. The van der Waals surface area contributed by atoms with Crippen LogP contribution < -0.4 is 5.32 Å². The summed E-state index contributed by atoms with van der Waals surface area (Å²) in [5, 5.41) is 3.07. The molecule has 0 aliphatic rings. The largest absolute Gasteiger partial charge is 0.319 e. The van der Waals surface area contributed by atoms with Crippen molar-refractivity contribution in [2.45, 2.75) is 13.3 Å². The quantitative estimate of drug-likeness (QED) is 0.725. The average Bonchev–Trinajstić information content (AvgIpc) is 2.15. The van der Waals surface area contributed by atoms with E-state index in [1.54, 1.807) is 12.1 Å². The molecule has 76 valence electrons. The summed E-state index contributed by atoms with van der Waals surface area (Å²) in [7, 11) is 1.93. The molecule has 0 aliphatic carbocycles. The van der Waals surface area contributed by atoms with Gasteiger partial charge in [0.05, 0.1) is 0 Å². The average molecular weight is 193 g/mol. The van der Waals surface area contributed by atoms with E-state index in [1.165, 1.54) is 6.07 Å². The summed E-state index contributed by atoms with van der Waals surface area (Å²) in [4.78, 5) is 0. The highest BCUT2D eigenvalue weighted by Gasteiger charge is 1.95. The Morgan fingerprint density at radius 3 is 2.86 bits per heavy atom. The molecule has 1 N–H and O–H groups in total. The van der Waals surface area contributed by atoms with Crippen molar-refractivity contribution in [3.8, 4) is 0 Å². The molecular weight excluding hydrogens is 177 g/mol. The van der Waals surface area contributed by atoms with Crippen molar-refractivity contribution in [3.05, 3.63) is 41.2 Å². The molecule has 0 aromatic heterocycles. The lowest BCUT2D eigenvalue weighted by Gasteiger charge is -1.99. The lowest BCUT2D eigenvalue weighted by atomic mass is 10.1. The minimum absolute atomic E-state index is 0.171. The lowest BCUT2D eigenvalue weighted by molar-refractivity contribution is 0.626. The number of nitrogens with one attached hydrogen (secondary N) is 1.